The molecule has 2 aromatic rings. The van der Waals surface area contributed by atoms with Crippen LogP contribution in [-0.2, 0) is 4.74 Å². The number of hydrogen-bond acceptors (Lipinski definition) is 4. The highest BCUT2D eigenvalue weighted by molar-refractivity contribution is 9.10. The number of carbonyl (C=O) groups is 2. The van der Waals surface area contributed by atoms with Gasteiger partial charge in [0.25, 0.3) is 0 Å². The summed E-state index contributed by atoms with van der Waals surface area (Å²) in [6.45, 7) is 2.25. The molecule has 134 valence electrons. The van der Waals surface area contributed by atoms with Gasteiger partial charge in [-0.3, -0.25) is 9.59 Å². The molecule has 6 heteroatoms. The van der Waals surface area contributed by atoms with E-state index in [0.29, 0.717) is 43.1 Å². The molecule has 1 aliphatic heterocycles. The topological polar surface area (TPSA) is 46.6 Å². The monoisotopic (exact) mass is 477 g/mol. The molecule has 0 aliphatic carbocycles. The molecular weight excluding hydrogens is 462 g/mol. The summed E-state index contributed by atoms with van der Waals surface area (Å²) in [5.74, 6) is -0.352. The van der Waals surface area contributed by atoms with Gasteiger partial charge in [0.1, 0.15) is 0 Å². The molecule has 26 heavy (non-hydrogen) atoms. The van der Waals surface area contributed by atoms with Gasteiger partial charge in [-0.05, 0) is 48.5 Å². The number of allylic oxidation sites excluding steroid dienone is 2. The number of nitrogens with zero attached hydrogens (tertiary/aromatic N) is 1. The van der Waals surface area contributed by atoms with Crippen LogP contribution in [0.5, 0.6) is 0 Å². The van der Waals surface area contributed by atoms with Crippen LogP contribution in [0, 0.1) is 0 Å². The largest absolute Gasteiger partial charge is 0.378 e. The number of ether oxygens (including phenoxy) is 1. The molecule has 0 spiro atoms. The van der Waals surface area contributed by atoms with Crippen molar-refractivity contribution in [2.24, 2.45) is 0 Å². The van der Waals surface area contributed by atoms with Gasteiger partial charge in [-0.15, -0.1) is 0 Å². The summed E-state index contributed by atoms with van der Waals surface area (Å²) in [6, 6.07) is 14.3. The van der Waals surface area contributed by atoms with Crippen LogP contribution in [0.4, 0.5) is 0 Å². The Morgan fingerprint density at radius 2 is 1.35 bits per heavy atom. The summed E-state index contributed by atoms with van der Waals surface area (Å²) in [5, 5.41) is 0. The molecule has 0 radical (unpaired) electrons. The van der Waals surface area contributed by atoms with Crippen LogP contribution >= 0.6 is 31.9 Å². The Bertz CT molecular complexity index is 823. The minimum atomic E-state index is -0.190. The van der Waals surface area contributed by atoms with Crippen molar-refractivity contribution in [2.45, 2.75) is 0 Å². The first kappa shape index (κ1) is 19.0. The average Bonchev–Trinajstić information content (AvgIpc) is 2.67. The zero-order valence-electron chi connectivity index (χ0n) is 14.0. The van der Waals surface area contributed by atoms with Gasteiger partial charge in [0.15, 0.2) is 5.78 Å². The number of Topliss-reactive ketones (excluding diaryl/α,β-unsaturated/α-hetero) is 1. The maximum Gasteiger partial charge on any atom is 0.209 e. The third-order valence-corrected chi connectivity index (χ3v) is 5.14. The maximum absolute atomic E-state index is 13.1. The smallest absolute Gasteiger partial charge is 0.209 e. The molecule has 1 heterocycles. The van der Waals surface area contributed by atoms with Crippen molar-refractivity contribution in [3.05, 3.63) is 80.4 Å². The van der Waals surface area contributed by atoms with Crippen LogP contribution in [-0.4, -0.2) is 42.8 Å². The standard InChI is InChI=1S/C20H17Br2NO3/c21-16-5-1-14(2-6-16)19(24)13-18(23-9-11-26-12-10-23)20(25)15-3-7-17(22)8-4-15/h1-8,13H,9-12H2/b18-13-. The lowest BCUT2D eigenvalue weighted by Gasteiger charge is -2.30. The Hall–Kier alpha value is -1.76. The minimum absolute atomic E-state index is 0.162. The maximum atomic E-state index is 13.1. The fraction of sp³-hybridized carbons (Fsp3) is 0.200. The van der Waals surface area contributed by atoms with E-state index < -0.39 is 0 Å². The van der Waals surface area contributed by atoms with Crippen LogP contribution in [0.15, 0.2) is 69.2 Å². The summed E-state index contributed by atoms with van der Waals surface area (Å²) < 4.78 is 7.18. The zero-order chi connectivity index (χ0) is 18.5. The number of ketones is 2. The van der Waals surface area contributed by atoms with E-state index in [1.807, 2.05) is 29.2 Å². The van der Waals surface area contributed by atoms with Crippen LogP contribution in [0.2, 0.25) is 0 Å². The molecular formula is C20H17Br2NO3. The molecule has 0 unspecified atom stereocenters. The summed E-state index contributed by atoms with van der Waals surface area (Å²) in [7, 11) is 0. The van der Waals surface area contributed by atoms with Gasteiger partial charge in [0.05, 0.1) is 18.9 Å². The van der Waals surface area contributed by atoms with Gasteiger partial charge in [-0.2, -0.15) is 0 Å². The first-order valence-corrected chi connectivity index (χ1v) is 9.78. The summed E-state index contributed by atoms with van der Waals surface area (Å²) in [4.78, 5) is 27.7. The average molecular weight is 479 g/mol. The Balaban J connectivity index is 1.94. The van der Waals surface area contributed by atoms with E-state index in [1.165, 1.54) is 6.08 Å². The fourth-order valence-electron chi connectivity index (χ4n) is 2.68. The van der Waals surface area contributed by atoms with Crippen molar-refractivity contribution in [1.29, 1.82) is 0 Å². The van der Waals surface area contributed by atoms with E-state index in [0.717, 1.165) is 8.95 Å². The molecule has 1 fully saturated rings. The third-order valence-electron chi connectivity index (χ3n) is 4.09. The molecule has 1 saturated heterocycles. The van der Waals surface area contributed by atoms with Crippen LogP contribution in [0.3, 0.4) is 0 Å². The highest BCUT2D eigenvalue weighted by Crippen LogP contribution is 2.19. The second-order valence-corrected chi connectivity index (χ2v) is 7.67. The molecule has 3 rings (SSSR count). The number of carbonyl (C=O) groups excluding carboxylic acids is 2. The Morgan fingerprint density at radius 3 is 1.88 bits per heavy atom. The van der Waals surface area contributed by atoms with E-state index >= 15 is 0 Å². The molecule has 0 N–H and O–H groups in total. The molecule has 4 nitrogen and oxygen atoms in total. The van der Waals surface area contributed by atoms with E-state index in [2.05, 4.69) is 31.9 Å². The molecule has 2 aromatic carbocycles. The number of halogens is 2. The van der Waals surface area contributed by atoms with Crippen LogP contribution in [0.25, 0.3) is 0 Å². The summed E-state index contributed by atoms with van der Waals surface area (Å²) in [5.41, 5.74) is 1.50. The number of morpholine rings is 1. The molecule has 1 aliphatic rings. The summed E-state index contributed by atoms with van der Waals surface area (Å²) in [6.07, 6.45) is 1.44. The van der Waals surface area contributed by atoms with Crippen molar-refractivity contribution in [2.75, 3.05) is 26.3 Å². The molecule has 0 atom stereocenters. The molecule has 0 bridgehead atoms. The second kappa shape index (κ2) is 8.75. The predicted molar refractivity (Wildman–Crippen MR) is 107 cm³/mol. The minimum Gasteiger partial charge on any atom is -0.378 e. The van der Waals surface area contributed by atoms with Gasteiger partial charge in [-0.1, -0.05) is 31.9 Å². The first-order chi connectivity index (χ1) is 12.5. The lowest BCUT2D eigenvalue weighted by Crippen LogP contribution is -2.38. The normalized spacial score (nSPS) is 15.0. The van der Waals surface area contributed by atoms with Crippen molar-refractivity contribution in [1.82, 2.24) is 4.90 Å². The van der Waals surface area contributed by atoms with E-state index in [4.69, 9.17) is 4.74 Å². The van der Waals surface area contributed by atoms with Crippen LogP contribution < -0.4 is 0 Å². The third kappa shape index (κ3) is 4.69. The lowest BCUT2D eigenvalue weighted by atomic mass is 10.0. The number of benzene rings is 2. The second-order valence-electron chi connectivity index (χ2n) is 5.84. The molecule has 0 aromatic heterocycles. The first-order valence-electron chi connectivity index (χ1n) is 8.19. The van der Waals surface area contributed by atoms with Gasteiger partial charge < -0.3 is 9.64 Å². The Labute approximate surface area is 169 Å². The van der Waals surface area contributed by atoms with E-state index in [1.54, 1.807) is 24.3 Å². The SMILES string of the molecule is O=C(/C=C(/C(=O)c1ccc(Br)cc1)N1CCOCC1)c1ccc(Br)cc1. The Morgan fingerprint density at radius 1 is 0.846 bits per heavy atom. The van der Waals surface area contributed by atoms with Crippen molar-refractivity contribution >= 4 is 43.4 Å². The molecule has 0 saturated carbocycles. The van der Waals surface area contributed by atoms with Gasteiger partial charge in [-0.25, -0.2) is 0 Å². The van der Waals surface area contributed by atoms with E-state index in [-0.39, 0.29) is 11.6 Å². The summed E-state index contributed by atoms with van der Waals surface area (Å²) >= 11 is 6.73. The highest BCUT2D eigenvalue weighted by Gasteiger charge is 2.22. The zero-order valence-corrected chi connectivity index (χ0v) is 17.1. The molecule has 0 amide bonds. The Kier molecular flexibility index (Phi) is 6.40. The van der Waals surface area contributed by atoms with Crippen molar-refractivity contribution in [3.8, 4) is 0 Å². The van der Waals surface area contributed by atoms with Gasteiger partial charge in [0.2, 0.25) is 5.78 Å². The lowest BCUT2D eigenvalue weighted by molar-refractivity contribution is 0.0504. The quantitative estimate of drug-likeness (QED) is 0.469. The van der Waals surface area contributed by atoms with Crippen molar-refractivity contribution < 1.29 is 14.3 Å². The van der Waals surface area contributed by atoms with Gasteiger partial charge >= 0.3 is 0 Å². The highest BCUT2D eigenvalue weighted by atomic mass is 79.9. The van der Waals surface area contributed by atoms with Crippen molar-refractivity contribution in [3.63, 3.8) is 0 Å². The fourth-order valence-corrected chi connectivity index (χ4v) is 3.20. The predicted octanol–water partition coefficient (Wildman–Crippen LogP) is 4.49. The van der Waals surface area contributed by atoms with E-state index in [9.17, 15) is 9.59 Å². The number of rotatable bonds is 5. The van der Waals surface area contributed by atoms with Gasteiger partial charge in [0, 0.05) is 39.2 Å². The van der Waals surface area contributed by atoms with Crippen LogP contribution in [0.1, 0.15) is 20.7 Å². The number of hydrogen-bond donors (Lipinski definition) is 0.